The molecule has 6 heteroatoms. The van der Waals surface area contributed by atoms with Crippen LogP contribution < -0.4 is 14.9 Å². The fraction of sp³-hybridized carbons (Fsp3) is 0.308. The molecule has 5 aromatic rings. The zero-order valence-electron chi connectivity index (χ0n) is 26.9. The lowest BCUT2D eigenvalue weighted by Gasteiger charge is -2.27. The van der Waals surface area contributed by atoms with Crippen LogP contribution in [0.15, 0.2) is 103 Å². The lowest BCUT2D eigenvalue weighted by molar-refractivity contribution is 0.416. The number of hydrogen-bond acceptors (Lipinski definition) is 5. The minimum atomic E-state index is -0.0792. The predicted octanol–water partition coefficient (Wildman–Crippen LogP) is 8.56. The molecule has 1 aliphatic rings. The highest BCUT2D eigenvalue weighted by Crippen LogP contribution is 2.47. The zero-order valence-corrected chi connectivity index (χ0v) is 26.9. The number of rotatable bonds is 12. The second kappa shape index (κ2) is 13.5. The Morgan fingerprint density at radius 3 is 2.31 bits per heavy atom. The number of para-hydroxylation sites is 2. The molecule has 0 saturated heterocycles. The van der Waals surface area contributed by atoms with Crippen molar-refractivity contribution in [3.05, 3.63) is 114 Å². The Labute approximate surface area is 266 Å². The highest BCUT2D eigenvalue weighted by Gasteiger charge is 2.39. The van der Waals surface area contributed by atoms with Crippen LogP contribution in [0.25, 0.3) is 34.4 Å². The normalized spacial score (nSPS) is 15.5. The molecular formula is C39H43N5O. The van der Waals surface area contributed by atoms with E-state index in [9.17, 15) is 0 Å². The smallest absolute Gasteiger partial charge is 0.189 e. The number of anilines is 1. The monoisotopic (exact) mass is 597 g/mol. The summed E-state index contributed by atoms with van der Waals surface area (Å²) < 4.78 is 7.46. The van der Waals surface area contributed by atoms with E-state index < -0.39 is 0 Å². The molecule has 0 aliphatic carbocycles. The number of nitrogens with zero attached hydrogens (tertiary/aromatic N) is 5. The Morgan fingerprint density at radius 1 is 0.778 bits per heavy atom. The van der Waals surface area contributed by atoms with Crippen LogP contribution in [0.3, 0.4) is 0 Å². The van der Waals surface area contributed by atoms with Crippen molar-refractivity contribution in [1.82, 2.24) is 19.8 Å². The lowest BCUT2D eigenvalue weighted by Crippen LogP contribution is -2.27. The van der Waals surface area contributed by atoms with Crippen molar-refractivity contribution in [2.75, 3.05) is 18.6 Å². The zero-order chi connectivity index (χ0) is 31.2. The number of benzene rings is 3. The first-order valence-electron chi connectivity index (χ1n) is 16.2. The van der Waals surface area contributed by atoms with Gasteiger partial charge in [0, 0.05) is 34.1 Å². The van der Waals surface area contributed by atoms with Crippen molar-refractivity contribution < 1.29 is 4.74 Å². The molecule has 0 amide bonds. The molecule has 0 radical (unpaired) electrons. The van der Waals surface area contributed by atoms with Gasteiger partial charge in [-0.05, 0) is 42.3 Å². The van der Waals surface area contributed by atoms with E-state index in [-0.39, 0.29) is 5.41 Å². The maximum atomic E-state index is 5.62. The van der Waals surface area contributed by atoms with Gasteiger partial charge in [0.05, 0.1) is 12.7 Å². The number of ether oxygens (including phenoxy) is 1. The maximum Gasteiger partial charge on any atom is 0.189 e. The van der Waals surface area contributed by atoms with Gasteiger partial charge in [0.25, 0.3) is 0 Å². The van der Waals surface area contributed by atoms with E-state index >= 15 is 0 Å². The van der Waals surface area contributed by atoms with Gasteiger partial charge in [-0.1, -0.05) is 126 Å². The summed E-state index contributed by atoms with van der Waals surface area (Å²) >= 11 is 0. The SMILES string of the molecule is CCCCCCCCN1/C(=C/C=C/C=c2/c(-c3ccccc3)nn3c(-c4ccccc4OC)nnc23)C(C)(C)c2ccccc21. The third-order valence-corrected chi connectivity index (χ3v) is 8.89. The second-order valence-electron chi connectivity index (χ2n) is 12.3. The fourth-order valence-electron chi connectivity index (χ4n) is 6.49. The van der Waals surface area contributed by atoms with Crippen LogP contribution in [0.2, 0.25) is 0 Å². The van der Waals surface area contributed by atoms with Crippen molar-refractivity contribution in [2.24, 2.45) is 0 Å². The molecule has 230 valence electrons. The summed E-state index contributed by atoms with van der Waals surface area (Å²) in [6, 6.07) is 27.0. The molecule has 3 aromatic carbocycles. The van der Waals surface area contributed by atoms with Crippen molar-refractivity contribution in [2.45, 2.75) is 64.7 Å². The summed E-state index contributed by atoms with van der Waals surface area (Å²) in [5, 5.41) is 15.1. The summed E-state index contributed by atoms with van der Waals surface area (Å²) in [6.07, 6.45) is 16.4. The molecule has 0 unspecified atom stereocenters. The minimum absolute atomic E-state index is 0.0792. The van der Waals surface area contributed by atoms with Gasteiger partial charge in [0.2, 0.25) is 0 Å². The third kappa shape index (κ3) is 6.02. The Bertz CT molecular complexity index is 1870. The highest BCUT2D eigenvalue weighted by atomic mass is 16.5. The van der Waals surface area contributed by atoms with Gasteiger partial charge in [0.1, 0.15) is 11.4 Å². The first-order chi connectivity index (χ1) is 22.0. The summed E-state index contributed by atoms with van der Waals surface area (Å²) in [5.74, 6) is 1.39. The molecule has 0 fully saturated rings. The van der Waals surface area contributed by atoms with Gasteiger partial charge in [0.15, 0.2) is 11.5 Å². The molecule has 0 atom stereocenters. The Balaban J connectivity index is 1.36. The van der Waals surface area contributed by atoms with Crippen LogP contribution in [0.4, 0.5) is 5.69 Å². The van der Waals surface area contributed by atoms with Crippen LogP contribution >= 0.6 is 0 Å². The molecule has 1 aliphatic heterocycles. The maximum absolute atomic E-state index is 5.62. The quantitative estimate of drug-likeness (QED) is 0.135. The summed E-state index contributed by atoms with van der Waals surface area (Å²) in [5.41, 5.74) is 7.44. The van der Waals surface area contributed by atoms with Crippen LogP contribution in [-0.2, 0) is 5.41 Å². The summed E-state index contributed by atoms with van der Waals surface area (Å²) in [7, 11) is 1.67. The van der Waals surface area contributed by atoms with Crippen molar-refractivity contribution >= 4 is 17.4 Å². The van der Waals surface area contributed by atoms with Crippen molar-refractivity contribution in [3.63, 3.8) is 0 Å². The lowest BCUT2D eigenvalue weighted by atomic mass is 9.84. The van der Waals surface area contributed by atoms with Gasteiger partial charge in [-0.15, -0.1) is 10.2 Å². The molecule has 6 rings (SSSR count). The van der Waals surface area contributed by atoms with E-state index in [0.717, 1.165) is 34.3 Å². The first-order valence-corrected chi connectivity index (χ1v) is 16.2. The summed E-state index contributed by atoms with van der Waals surface area (Å²) in [6.45, 7) is 7.98. The van der Waals surface area contributed by atoms with Crippen molar-refractivity contribution in [1.29, 1.82) is 0 Å². The van der Waals surface area contributed by atoms with E-state index in [2.05, 4.69) is 96.6 Å². The average Bonchev–Trinajstić information content (AvgIpc) is 3.71. The van der Waals surface area contributed by atoms with Gasteiger partial charge >= 0.3 is 0 Å². The molecule has 2 aromatic heterocycles. The predicted molar refractivity (Wildman–Crippen MR) is 185 cm³/mol. The second-order valence-corrected chi connectivity index (χ2v) is 12.3. The number of aromatic nitrogens is 4. The average molecular weight is 598 g/mol. The largest absolute Gasteiger partial charge is 0.496 e. The third-order valence-electron chi connectivity index (χ3n) is 8.89. The molecule has 0 spiro atoms. The minimum Gasteiger partial charge on any atom is -0.496 e. The van der Waals surface area contributed by atoms with E-state index in [1.165, 1.54) is 55.5 Å². The number of fused-ring (bicyclic) bond motifs is 2. The molecule has 45 heavy (non-hydrogen) atoms. The number of allylic oxidation sites excluding steroid dienone is 4. The highest BCUT2D eigenvalue weighted by molar-refractivity contribution is 5.73. The Morgan fingerprint density at radius 2 is 1.49 bits per heavy atom. The van der Waals surface area contributed by atoms with Gasteiger partial charge in [-0.25, -0.2) is 0 Å². The first kappa shape index (κ1) is 30.3. The van der Waals surface area contributed by atoms with Gasteiger partial charge in [-0.2, -0.15) is 9.61 Å². The standard InChI is InChI=1S/C39H43N5O/c1-5-6-7-8-9-19-28-43-33-25-16-15-24-32(33)39(2,3)35(43)27-18-14-23-31-36(29-20-11-10-12-21-29)42-44-37(40-41-38(31)44)30-22-13-17-26-34(30)45-4/h10-18,20-27H,5-9,19,28H2,1-4H3/b18-14+,31-23-,35-27+. The molecule has 0 N–H and O–H groups in total. The van der Waals surface area contributed by atoms with Gasteiger partial charge in [-0.3, -0.25) is 0 Å². The van der Waals surface area contributed by atoms with Gasteiger partial charge < -0.3 is 9.64 Å². The molecule has 0 bridgehead atoms. The molecule has 0 saturated carbocycles. The van der Waals surface area contributed by atoms with E-state index in [1.807, 2.05) is 47.0 Å². The van der Waals surface area contributed by atoms with Crippen molar-refractivity contribution in [3.8, 4) is 28.4 Å². The number of methoxy groups -OCH3 is 1. The Hall–Kier alpha value is -4.71. The molecule has 6 nitrogen and oxygen atoms in total. The van der Waals surface area contributed by atoms with Crippen LogP contribution in [0.1, 0.15) is 64.9 Å². The molecular weight excluding hydrogens is 554 g/mol. The number of unbranched alkanes of at least 4 members (excludes halogenated alkanes) is 5. The van der Waals surface area contributed by atoms with Crippen LogP contribution in [0, 0.1) is 0 Å². The van der Waals surface area contributed by atoms with Crippen LogP contribution in [0.5, 0.6) is 5.75 Å². The van der Waals surface area contributed by atoms with E-state index in [1.54, 1.807) is 7.11 Å². The van der Waals surface area contributed by atoms with Crippen LogP contribution in [-0.4, -0.2) is 33.5 Å². The fourth-order valence-corrected chi connectivity index (χ4v) is 6.49. The summed E-state index contributed by atoms with van der Waals surface area (Å²) in [4.78, 5) is 2.54. The topological polar surface area (TPSA) is 55.6 Å². The van der Waals surface area contributed by atoms with E-state index in [4.69, 9.17) is 9.84 Å². The number of hydrogen-bond donors (Lipinski definition) is 0. The van der Waals surface area contributed by atoms with E-state index in [0.29, 0.717) is 11.5 Å². The Kier molecular flexibility index (Phi) is 9.11. The molecule has 3 heterocycles.